The number of nitrogens with one attached hydrogen (secondary N) is 2. The molecule has 1 aromatic heterocycles. The molecule has 110 valence electrons. The van der Waals surface area contributed by atoms with Gasteiger partial charge in [0.2, 0.25) is 5.91 Å². The van der Waals surface area contributed by atoms with Crippen LogP contribution >= 0.6 is 0 Å². The number of hydrogen-bond donors (Lipinski definition) is 4. The topological polar surface area (TPSA) is 117 Å². The number of aromatic nitrogens is 1. The van der Waals surface area contributed by atoms with Crippen LogP contribution in [0.5, 0.6) is 0 Å². The second kappa shape index (κ2) is 6.23. The van der Waals surface area contributed by atoms with Crippen LogP contribution in [-0.4, -0.2) is 34.1 Å². The van der Waals surface area contributed by atoms with E-state index in [0.717, 1.165) is 0 Å². The Kier molecular flexibility index (Phi) is 4.90. The van der Waals surface area contributed by atoms with E-state index in [-0.39, 0.29) is 34.9 Å². The lowest BCUT2D eigenvalue weighted by molar-refractivity contribution is -0.122. The number of aromatic carboxylic acids is 1. The molecule has 0 fully saturated rings. The molecular formula is C13H20N4O3. The average molecular weight is 280 g/mol. The number of nitrogen functional groups attached to an aromatic ring is 1. The van der Waals surface area contributed by atoms with Gasteiger partial charge in [0.25, 0.3) is 0 Å². The highest BCUT2D eigenvalue weighted by molar-refractivity contribution is 5.96. The molecule has 0 atom stereocenters. The first-order valence-electron chi connectivity index (χ1n) is 6.23. The Morgan fingerprint density at radius 1 is 1.40 bits per heavy atom. The van der Waals surface area contributed by atoms with Gasteiger partial charge in [-0.1, -0.05) is 0 Å². The maximum atomic E-state index is 11.6. The predicted molar refractivity (Wildman–Crippen MR) is 76.6 cm³/mol. The van der Waals surface area contributed by atoms with Gasteiger partial charge in [-0.2, -0.15) is 0 Å². The van der Waals surface area contributed by atoms with Crippen molar-refractivity contribution in [2.45, 2.75) is 32.7 Å². The quantitative estimate of drug-likeness (QED) is 0.641. The van der Waals surface area contributed by atoms with E-state index < -0.39 is 5.97 Å². The predicted octanol–water partition coefficient (Wildman–Crippen LogP) is 1.08. The molecule has 0 aliphatic rings. The summed E-state index contributed by atoms with van der Waals surface area (Å²) in [7, 11) is 0. The van der Waals surface area contributed by atoms with Crippen LogP contribution in [0.2, 0.25) is 0 Å². The third kappa shape index (κ3) is 4.75. The molecule has 1 heterocycles. The first-order valence-corrected chi connectivity index (χ1v) is 6.23. The van der Waals surface area contributed by atoms with Crippen molar-refractivity contribution in [2.75, 3.05) is 17.6 Å². The van der Waals surface area contributed by atoms with Crippen LogP contribution in [0, 0.1) is 0 Å². The van der Waals surface area contributed by atoms with Gasteiger partial charge in [-0.3, -0.25) is 4.79 Å². The van der Waals surface area contributed by atoms with Crippen molar-refractivity contribution < 1.29 is 14.7 Å². The van der Waals surface area contributed by atoms with Gasteiger partial charge in [0.15, 0.2) is 0 Å². The SMILES string of the molecule is CC(C)(C)NC(=O)CCNc1nccc(C(=O)O)c1N. The lowest BCUT2D eigenvalue weighted by Crippen LogP contribution is -2.41. The van der Waals surface area contributed by atoms with E-state index in [2.05, 4.69) is 15.6 Å². The lowest BCUT2D eigenvalue weighted by Gasteiger charge is -2.20. The van der Waals surface area contributed by atoms with Crippen LogP contribution in [0.15, 0.2) is 12.3 Å². The van der Waals surface area contributed by atoms with E-state index in [1.165, 1.54) is 12.3 Å². The van der Waals surface area contributed by atoms with E-state index in [9.17, 15) is 9.59 Å². The summed E-state index contributed by atoms with van der Waals surface area (Å²) in [4.78, 5) is 26.5. The minimum atomic E-state index is -1.11. The van der Waals surface area contributed by atoms with Gasteiger partial charge in [0.05, 0.1) is 11.3 Å². The summed E-state index contributed by atoms with van der Waals surface area (Å²) in [6.07, 6.45) is 1.60. The number of nitrogens with zero attached hydrogens (tertiary/aromatic N) is 1. The van der Waals surface area contributed by atoms with E-state index in [1.807, 2.05) is 20.8 Å². The number of carbonyl (C=O) groups is 2. The van der Waals surface area contributed by atoms with Crippen molar-refractivity contribution in [3.05, 3.63) is 17.8 Å². The highest BCUT2D eigenvalue weighted by Gasteiger charge is 2.14. The molecule has 7 nitrogen and oxygen atoms in total. The first kappa shape index (κ1) is 15.7. The minimum absolute atomic E-state index is 0.0124. The second-order valence-electron chi connectivity index (χ2n) is 5.40. The van der Waals surface area contributed by atoms with Crippen LogP contribution in [0.3, 0.4) is 0 Å². The van der Waals surface area contributed by atoms with E-state index >= 15 is 0 Å². The van der Waals surface area contributed by atoms with Crippen molar-refractivity contribution in [1.29, 1.82) is 0 Å². The Balaban J connectivity index is 2.57. The molecule has 1 amide bonds. The number of pyridine rings is 1. The van der Waals surface area contributed by atoms with Gasteiger partial charge in [0.1, 0.15) is 5.82 Å². The number of carboxylic acids is 1. The van der Waals surface area contributed by atoms with Crippen molar-refractivity contribution in [2.24, 2.45) is 0 Å². The molecule has 1 rings (SSSR count). The van der Waals surface area contributed by atoms with E-state index in [4.69, 9.17) is 10.8 Å². The van der Waals surface area contributed by atoms with Gasteiger partial charge in [-0.25, -0.2) is 9.78 Å². The zero-order valence-electron chi connectivity index (χ0n) is 11.9. The average Bonchev–Trinajstić information content (AvgIpc) is 2.28. The third-order valence-electron chi connectivity index (χ3n) is 2.38. The molecule has 0 bridgehead atoms. The molecule has 7 heteroatoms. The second-order valence-corrected chi connectivity index (χ2v) is 5.40. The number of nitrogens with two attached hydrogens (primary N) is 1. The van der Waals surface area contributed by atoms with Crippen LogP contribution in [-0.2, 0) is 4.79 Å². The van der Waals surface area contributed by atoms with E-state index in [1.54, 1.807) is 0 Å². The fraction of sp³-hybridized carbons (Fsp3) is 0.462. The highest BCUT2D eigenvalue weighted by atomic mass is 16.4. The van der Waals surface area contributed by atoms with Crippen molar-refractivity contribution in [3.8, 4) is 0 Å². The Morgan fingerprint density at radius 3 is 2.60 bits per heavy atom. The number of hydrogen-bond acceptors (Lipinski definition) is 5. The Morgan fingerprint density at radius 2 is 2.05 bits per heavy atom. The Labute approximate surface area is 117 Å². The van der Waals surface area contributed by atoms with E-state index in [0.29, 0.717) is 6.54 Å². The van der Waals surface area contributed by atoms with Crippen molar-refractivity contribution in [3.63, 3.8) is 0 Å². The highest BCUT2D eigenvalue weighted by Crippen LogP contribution is 2.19. The van der Waals surface area contributed by atoms with Crippen LogP contribution in [0.4, 0.5) is 11.5 Å². The van der Waals surface area contributed by atoms with Crippen molar-refractivity contribution in [1.82, 2.24) is 10.3 Å². The van der Waals surface area contributed by atoms with Crippen LogP contribution < -0.4 is 16.4 Å². The summed E-state index contributed by atoms with van der Waals surface area (Å²) < 4.78 is 0. The van der Waals surface area contributed by atoms with Gasteiger partial charge in [-0.15, -0.1) is 0 Å². The molecule has 0 aliphatic heterocycles. The Bertz CT molecular complexity index is 509. The molecular weight excluding hydrogens is 260 g/mol. The number of rotatable bonds is 5. The fourth-order valence-corrected chi connectivity index (χ4v) is 1.58. The summed E-state index contributed by atoms with van der Waals surface area (Å²) in [6, 6.07) is 1.33. The molecule has 20 heavy (non-hydrogen) atoms. The largest absolute Gasteiger partial charge is 0.478 e. The maximum Gasteiger partial charge on any atom is 0.337 e. The molecule has 0 radical (unpaired) electrons. The van der Waals surface area contributed by atoms with Gasteiger partial charge < -0.3 is 21.5 Å². The summed E-state index contributed by atoms with van der Waals surface area (Å²) in [5.74, 6) is -0.940. The smallest absolute Gasteiger partial charge is 0.337 e. The zero-order valence-corrected chi connectivity index (χ0v) is 11.9. The minimum Gasteiger partial charge on any atom is -0.478 e. The standard InChI is InChI=1S/C13H20N4O3/c1-13(2,3)17-9(18)5-7-16-11-10(14)8(12(19)20)4-6-15-11/h4,6H,5,7,14H2,1-3H3,(H,15,16)(H,17,18)(H,19,20). The first-order chi connectivity index (χ1) is 9.20. The molecule has 5 N–H and O–H groups in total. The molecule has 0 spiro atoms. The molecule has 0 aromatic carbocycles. The third-order valence-corrected chi connectivity index (χ3v) is 2.38. The fourth-order valence-electron chi connectivity index (χ4n) is 1.58. The molecule has 0 aliphatic carbocycles. The number of amides is 1. The normalized spacial score (nSPS) is 10.9. The number of carboxylic acid groups (broad SMARTS) is 1. The molecule has 0 saturated carbocycles. The van der Waals surface area contributed by atoms with Gasteiger partial charge >= 0.3 is 5.97 Å². The van der Waals surface area contributed by atoms with Gasteiger partial charge in [0, 0.05) is 24.7 Å². The maximum absolute atomic E-state index is 11.6. The molecule has 1 aromatic rings. The number of carbonyl (C=O) groups excluding carboxylic acids is 1. The van der Waals surface area contributed by atoms with Crippen LogP contribution in [0.1, 0.15) is 37.6 Å². The summed E-state index contributed by atoms with van der Waals surface area (Å²) >= 11 is 0. The van der Waals surface area contributed by atoms with Gasteiger partial charge in [-0.05, 0) is 26.8 Å². The van der Waals surface area contributed by atoms with Crippen LogP contribution in [0.25, 0.3) is 0 Å². The molecule has 0 unspecified atom stereocenters. The lowest BCUT2D eigenvalue weighted by atomic mass is 10.1. The number of anilines is 2. The van der Waals surface area contributed by atoms with Crippen molar-refractivity contribution >= 4 is 23.4 Å². The molecule has 0 saturated heterocycles. The summed E-state index contributed by atoms with van der Waals surface area (Å²) in [5, 5.41) is 14.6. The summed E-state index contributed by atoms with van der Waals surface area (Å²) in [5.41, 5.74) is 5.47. The summed E-state index contributed by atoms with van der Waals surface area (Å²) in [6.45, 7) is 6.01. The zero-order chi connectivity index (χ0) is 15.3. The monoisotopic (exact) mass is 280 g/mol. The Hall–Kier alpha value is -2.31.